The van der Waals surface area contributed by atoms with Crippen molar-refractivity contribution in [2.75, 3.05) is 6.26 Å². The van der Waals surface area contributed by atoms with Gasteiger partial charge >= 0.3 is 0 Å². The molecule has 0 N–H and O–H groups in total. The van der Waals surface area contributed by atoms with Gasteiger partial charge in [-0.25, -0.2) is 8.42 Å². The normalized spacial score (nSPS) is 13.1. The first-order valence-corrected chi connectivity index (χ1v) is 7.64. The molecule has 0 saturated carbocycles. The fourth-order valence-electron chi connectivity index (χ4n) is 1.61. The van der Waals surface area contributed by atoms with Crippen molar-refractivity contribution in [1.82, 2.24) is 4.98 Å². The monoisotopic (exact) mass is 255 g/mol. The molecule has 0 fully saturated rings. The smallest absolute Gasteiger partial charge is 0.177 e. The van der Waals surface area contributed by atoms with Crippen LogP contribution in [0.1, 0.15) is 51.9 Å². The quantitative estimate of drug-likeness (QED) is 0.816. The Morgan fingerprint density at radius 1 is 1.18 bits per heavy atom. The third-order valence-corrected chi connectivity index (χ3v) is 3.74. The topological polar surface area (TPSA) is 47.0 Å². The zero-order valence-corrected chi connectivity index (χ0v) is 12.2. The second kappa shape index (κ2) is 4.41. The van der Waals surface area contributed by atoms with E-state index in [-0.39, 0.29) is 11.3 Å². The van der Waals surface area contributed by atoms with Crippen molar-refractivity contribution in [3.8, 4) is 0 Å². The summed E-state index contributed by atoms with van der Waals surface area (Å²) in [5, 5.41) is 0. The first kappa shape index (κ1) is 14.2. The number of nitrogens with zero attached hydrogens (tertiary/aromatic N) is 1. The van der Waals surface area contributed by atoms with Crippen LogP contribution >= 0.6 is 0 Å². The molecule has 0 bridgehead atoms. The van der Waals surface area contributed by atoms with E-state index < -0.39 is 9.84 Å². The van der Waals surface area contributed by atoms with E-state index >= 15 is 0 Å². The van der Waals surface area contributed by atoms with Crippen LogP contribution in [-0.4, -0.2) is 19.7 Å². The Morgan fingerprint density at radius 2 is 1.71 bits per heavy atom. The fraction of sp³-hybridized carbons (Fsp3) is 0.615. The van der Waals surface area contributed by atoms with E-state index in [0.717, 1.165) is 5.69 Å². The van der Waals surface area contributed by atoms with Crippen LogP contribution in [0.3, 0.4) is 0 Å². The van der Waals surface area contributed by atoms with E-state index in [9.17, 15) is 8.42 Å². The third-order valence-electron chi connectivity index (χ3n) is 2.60. The molecule has 0 aromatic carbocycles. The number of hydrogen-bond acceptors (Lipinski definition) is 3. The molecule has 0 unspecified atom stereocenters. The molecule has 0 aliphatic heterocycles. The van der Waals surface area contributed by atoms with E-state index in [2.05, 4.69) is 25.8 Å². The average molecular weight is 255 g/mol. The summed E-state index contributed by atoms with van der Waals surface area (Å²) in [7, 11) is -3.20. The van der Waals surface area contributed by atoms with Crippen LogP contribution in [0.5, 0.6) is 0 Å². The zero-order valence-electron chi connectivity index (χ0n) is 11.4. The number of pyridine rings is 1. The highest BCUT2D eigenvalue weighted by molar-refractivity contribution is 7.90. The minimum absolute atomic E-state index is 0.0698. The van der Waals surface area contributed by atoms with E-state index in [1.807, 2.05) is 19.9 Å². The van der Waals surface area contributed by atoms with E-state index in [4.69, 9.17) is 0 Å². The first-order chi connectivity index (χ1) is 7.53. The molecule has 0 atom stereocenters. The molecule has 96 valence electrons. The van der Waals surface area contributed by atoms with E-state index in [1.54, 1.807) is 6.07 Å². The molecule has 0 spiro atoms. The van der Waals surface area contributed by atoms with Crippen LogP contribution in [0.25, 0.3) is 0 Å². The van der Waals surface area contributed by atoms with Crippen LogP contribution in [0, 0.1) is 0 Å². The van der Waals surface area contributed by atoms with Gasteiger partial charge in [0.2, 0.25) is 0 Å². The van der Waals surface area contributed by atoms with Crippen molar-refractivity contribution in [2.24, 2.45) is 0 Å². The largest absolute Gasteiger partial charge is 0.256 e. The summed E-state index contributed by atoms with van der Waals surface area (Å²) in [5.41, 5.74) is 1.52. The SMILES string of the molecule is CC(C)c1nc(C(C)(C)C)ccc1S(C)(=O)=O. The summed E-state index contributed by atoms with van der Waals surface area (Å²) in [6, 6.07) is 3.49. The molecule has 1 rings (SSSR count). The minimum Gasteiger partial charge on any atom is -0.256 e. The summed E-state index contributed by atoms with van der Waals surface area (Å²) in [6.45, 7) is 10.1. The van der Waals surface area contributed by atoms with Gasteiger partial charge in [0, 0.05) is 17.4 Å². The molecule has 1 heterocycles. The van der Waals surface area contributed by atoms with Gasteiger partial charge in [0.25, 0.3) is 0 Å². The highest BCUT2D eigenvalue weighted by Crippen LogP contribution is 2.27. The Labute approximate surface area is 104 Å². The van der Waals surface area contributed by atoms with Crippen LogP contribution in [-0.2, 0) is 15.3 Å². The van der Waals surface area contributed by atoms with Crippen molar-refractivity contribution in [2.45, 2.75) is 50.8 Å². The molecule has 1 aromatic rings. The maximum Gasteiger partial charge on any atom is 0.177 e. The van der Waals surface area contributed by atoms with Crippen molar-refractivity contribution >= 4 is 9.84 Å². The second-order valence-electron chi connectivity index (χ2n) is 5.76. The lowest BCUT2D eigenvalue weighted by molar-refractivity contribution is 0.557. The molecular formula is C13H21NO2S. The predicted molar refractivity (Wildman–Crippen MR) is 70.1 cm³/mol. The van der Waals surface area contributed by atoms with Crippen LogP contribution < -0.4 is 0 Å². The highest BCUT2D eigenvalue weighted by atomic mass is 32.2. The Kier molecular flexibility index (Phi) is 3.67. The van der Waals surface area contributed by atoms with Crippen molar-refractivity contribution in [3.63, 3.8) is 0 Å². The Hall–Kier alpha value is -0.900. The van der Waals surface area contributed by atoms with Gasteiger partial charge < -0.3 is 0 Å². The number of rotatable bonds is 2. The maximum absolute atomic E-state index is 11.7. The van der Waals surface area contributed by atoms with Crippen molar-refractivity contribution in [1.29, 1.82) is 0 Å². The second-order valence-corrected chi connectivity index (χ2v) is 7.74. The van der Waals surface area contributed by atoms with E-state index in [0.29, 0.717) is 10.6 Å². The molecule has 1 aromatic heterocycles. The van der Waals surface area contributed by atoms with Crippen LogP contribution in [0.4, 0.5) is 0 Å². The van der Waals surface area contributed by atoms with Crippen LogP contribution in [0.2, 0.25) is 0 Å². The van der Waals surface area contributed by atoms with Gasteiger partial charge in [-0.3, -0.25) is 4.98 Å². The van der Waals surface area contributed by atoms with Crippen molar-refractivity contribution in [3.05, 3.63) is 23.5 Å². The summed E-state index contributed by atoms with van der Waals surface area (Å²) in [4.78, 5) is 4.88. The molecular weight excluding hydrogens is 234 g/mol. The summed E-state index contributed by atoms with van der Waals surface area (Å²) >= 11 is 0. The highest BCUT2D eigenvalue weighted by Gasteiger charge is 2.22. The van der Waals surface area contributed by atoms with Crippen molar-refractivity contribution < 1.29 is 8.42 Å². The standard InChI is InChI=1S/C13H21NO2S/c1-9(2)12-10(17(6,15)16)7-8-11(14-12)13(3,4)5/h7-9H,1-6H3. The average Bonchev–Trinajstić information content (AvgIpc) is 2.14. The summed E-state index contributed by atoms with van der Waals surface area (Å²) < 4.78 is 23.4. The minimum atomic E-state index is -3.20. The summed E-state index contributed by atoms with van der Waals surface area (Å²) in [6.07, 6.45) is 1.23. The van der Waals surface area contributed by atoms with Gasteiger partial charge in [-0.05, 0) is 18.1 Å². The van der Waals surface area contributed by atoms with Gasteiger partial charge in [0.1, 0.15) is 0 Å². The van der Waals surface area contributed by atoms with Gasteiger partial charge in [0.15, 0.2) is 9.84 Å². The van der Waals surface area contributed by atoms with E-state index in [1.165, 1.54) is 6.26 Å². The molecule has 3 nitrogen and oxygen atoms in total. The molecule has 0 radical (unpaired) electrons. The first-order valence-electron chi connectivity index (χ1n) is 5.75. The predicted octanol–water partition coefficient (Wildman–Crippen LogP) is 2.91. The Bertz CT molecular complexity index is 511. The molecule has 0 aliphatic rings. The zero-order chi connectivity index (χ0) is 13.4. The van der Waals surface area contributed by atoms with Crippen LogP contribution in [0.15, 0.2) is 17.0 Å². The van der Waals surface area contributed by atoms with Gasteiger partial charge in [0.05, 0.1) is 10.6 Å². The molecule has 0 amide bonds. The Morgan fingerprint density at radius 3 is 2.06 bits per heavy atom. The lowest BCUT2D eigenvalue weighted by Crippen LogP contribution is -2.17. The lowest BCUT2D eigenvalue weighted by Gasteiger charge is -2.20. The number of aromatic nitrogens is 1. The molecule has 17 heavy (non-hydrogen) atoms. The van der Waals surface area contributed by atoms with Gasteiger partial charge in [-0.15, -0.1) is 0 Å². The molecule has 0 saturated heterocycles. The Balaban J connectivity index is 3.49. The number of hydrogen-bond donors (Lipinski definition) is 0. The molecule has 0 aliphatic carbocycles. The lowest BCUT2D eigenvalue weighted by atomic mass is 9.91. The third kappa shape index (κ3) is 3.28. The van der Waals surface area contributed by atoms with Gasteiger partial charge in [-0.2, -0.15) is 0 Å². The fourth-order valence-corrected chi connectivity index (χ4v) is 2.58. The number of sulfone groups is 1. The molecule has 4 heteroatoms. The summed E-state index contributed by atoms with van der Waals surface area (Å²) in [5.74, 6) is 0.0991. The van der Waals surface area contributed by atoms with Gasteiger partial charge in [-0.1, -0.05) is 34.6 Å². The maximum atomic E-state index is 11.7.